The molecule has 0 amide bonds. The van der Waals surface area contributed by atoms with Crippen molar-refractivity contribution in [2.24, 2.45) is 0 Å². The molecule has 2 heterocycles. The first-order valence-corrected chi connectivity index (χ1v) is 8.92. The number of aromatic nitrogens is 2. The summed E-state index contributed by atoms with van der Waals surface area (Å²) < 4.78 is 1.79. The van der Waals surface area contributed by atoms with Crippen molar-refractivity contribution in [2.75, 3.05) is 0 Å². The molecule has 0 aliphatic heterocycles. The van der Waals surface area contributed by atoms with Crippen molar-refractivity contribution in [3.8, 4) is 0 Å². The van der Waals surface area contributed by atoms with Crippen molar-refractivity contribution in [1.82, 2.24) is 9.55 Å². The van der Waals surface area contributed by atoms with Gasteiger partial charge in [-0.15, -0.1) is 11.3 Å². The zero-order valence-corrected chi connectivity index (χ0v) is 14.3. The topological polar surface area (TPSA) is 34.9 Å². The van der Waals surface area contributed by atoms with E-state index in [2.05, 4.69) is 18.8 Å². The Hall–Kier alpha value is -1.16. The normalized spacial score (nSPS) is 11.4. The average Bonchev–Trinajstić information content (AvgIpc) is 2.76. The molecule has 3 nitrogen and oxygen atoms in total. The van der Waals surface area contributed by atoms with Crippen LogP contribution in [-0.2, 0) is 6.54 Å². The highest BCUT2D eigenvalue weighted by molar-refractivity contribution is 7.18. The maximum absolute atomic E-state index is 12.5. The van der Waals surface area contributed by atoms with Crippen LogP contribution in [0.25, 0.3) is 10.2 Å². The smallest absolute Gasteiger partial charge is 0.262 e. The third kappa shape index (κ3) is 3.94. The van der Waals surface area contributed by atoms with Crippen LogP contribution in [0.3, 0.4) is 0 Å². The lowest BCUT2D eigenvalue weighted by atomic mass is 10.1. The highest BCUT2D eigenvalue weighted by atomic mass is 32.1. The average molecular weight is 306 g/mol. The molecule has 4 heteroatoms. The van der Waals surface area contributed by atoms with Crippen LogP contribution in [0.5, 0.6) is 0 Å². The minimum Gasteiger partial charge on any atom is -0.299 e. The van der Waals surface area contributed by atoms with Crippen LogP contribution < -0.4 is 5.56 Å². The maximum Gasteiger partial charge on any atom is 0.262 e. The second kappa shape index (κ2) is 7.74. The fourth-order valence-corrected chi connectivity index (χ4v) is 3.66. The van der Waals surface area contributed by atoms with Crippen molar-refractivity contribution in [3.05, 3.63) is 27.1 Å². The van der Waals surface area contributed by atoms with Gasteiger partial charge in [0.1, 0.15) is 4.83 Å². The van der Waals surface area contributed by atoms with Crippen LogP contribution in [0, 0.1) is 13.8 Å². The Morgan fingerprint density at radius 3 is 2.48 bits per heavy atom. The highest BCUT2D eigenvalue weighted by Gasteiger charge is 2.11. The fraction of sp³-hybridized carbons (Fsp3) is 0.647. The number of thiophene rings is 1. The van der Waals surface area contributed by atoms with E-state index in [0.717, 1.165) is 28.7 Å². The molecule has 21 heavy (non-hydrogen) atoms. The maximum atomic E-state index is 12.5. The summed E-state index contributed by atoms with van der Waals surface area (Å²) in [6.45, 7) is 7.12. The quantitative estimate of drug-likeness (QED) is 0.655. The third-order valence-electron chi connectivity index (χ3n) is 4.16. The molecule has 0 unspecified atom stereocenters. The summed E-state index contributed by atoms with van der Waals surface area (Å²) in [6, 6.07) is 0. The zero-order chi connectivity index (χ0) is 15.2. The number of hydrogen-bond donors (Lipinski definition) is 0. The first kappa shape index (κ1) is 16.2. The molecule has 0 N–H and O–H groups in total. The lowest BCUT2D eigenvalue weighted by molar-refractivity contribution is 0.541. The van der Waals surface area contributed by atoms with Gasteiger partial charge in [0.05, 0.1) is 11.7 Å². The number of nitrogens with zero attached hydrogens (tertiary/aromatic N) is 2. The molecule has 0 aromatic carbocycles. The third-order valence-corrected chi connectivity index (χ3v) is 5.27. The number of hydrogen-bond acceptors (Lipinski definition) is 3. The van der Waals surface area contributed by atoms with E-state index in [1.54, 1.807) is 22.2 Å². The Balaban J connectivity index is 1.92. The van der Waals surface area contributed by atoms with E-state index in [0.29, 0.717) is 0 Å². The summed E-state index contributed by atoms with van der Waals surface area (Å²) in [6.07, 6.45) is 10.6. The minimum absolute atomic E-state index is 0.132. The van der Waals surface area contributed by atoms with Crippen LogP contribution in [-0.4, -0.2) is 9.55 Å². The van der Waals surface area contributed by atoms with Gasteiger partial charge < -0.3 is 0 Å². The molecule has 0 bridgehead atoms. The summed E-state index contributed by atoms with van der Waals surface area (Å²) in [5.74, 6) is 0. The van der Waals surface area contributed by atoms with E-state index in [4.69, 9.17) is 0 Å². The molecule has 2 rings (SSSR count). The molecular formula is C17H26N2OS. The molecule has 116 valence electrons. The molecule has 0 atom stereocenters. The molecule has 0 radical (unpaired) electrons. The van der Waals surface area contributed by atoms with E-state index < -0.39 is 0 Å². The molecule has 0 fully saturated rings. The Bertz CT molecular complexity index is 642. The van der Waals surface area contributed by atoms with Gasteiger partial charge >= 0.3 is 0 Å². The highest BCUT2D eigenvalue weighted by Crippen LogP contribution is 2.25. The number of rotatable bonds is 8. The van der Waals surface area contributed by atoms with E-state index in [-0.39, 0.29) is 5.56 Å². The van der Waals surface area contributed by atoms with E-state index in [1.807, 2.05) is 6.92 Å². The van der Waals surface area contributed by atoms with Gasteiger partial charge in [0.2, 0.25) is 0 Å². The first-order valence-electron chi connectivity index (χ1n) is 8.10. The van der Waals surface area contributed by atoms with Crippen molar-refractivity contribution < 1.29 is 0 Å². The Morgan fingerprint density at radius 2 is 1.76 bits per heavy atom. The van der Waals surface area contributed by atoms with Gasteiger partial charge in [0.25, 0.3) is 5.56 Å². The predicted octanol–water partition coefficient (Wildman–Crippen LogP) is 4.83. The van der Waals surface area contributed by atoms with Crippen LogP contribution in [0.1, 0.15) is 62.3 Å². The number of aryl methyl sites for hydroxylation is 3. The molecule has 0 aliphatic rings. The van der Waals surface area contributed by atoms with E-state index >= 15 is 0 Å². The van der Waals surface area contributed by atoms with Gasteiger partial charge in [0, 0.05) is 11.4 Å². The largest absolute Gasteiger partial charge is 0.299 e. The fourth-order valence-electron chi connectivity index (χ4n) is 2.67. The standard InChI is InChI=1S/C17H26N2OS/c1-4-5-6-7-8-9-10-11-19-12-18-16-15(17(19)20)13(2)14(3)21-16/h12H,4-11H2,1-3H3. The van der Waals surface area contributed by atoms with E-state index in [1.165, 1.54) is 43.4 Å². The number of fused-ring (bicyclic) bond motifs is 1. The molecule has 2 aromatic rings. The van der Waals surface area contributed by atoms with Gasteiger partial charge in [-0.3, -0.25) is 9.36 Å². The summed E-state index contributed by atoms with van der Waals surface area (Å²) in [5.41, 5.74) is 1.23. The van der Waals surface area contributed by atoms with Crippen LogP contribution >= 0.6 is 11.3 Å². The Labute approximate surface area is 131 Å². The van der Waals surface area contributed by atoms with Crippen LogP contribution in [0.2, 0.25) is 0 Å². The molecule has 0 spiro atoms. The zero-order valence-electron chi connectivity index (χ0n) is 13.4. The van der Waals surface area contributed by atoms with Crippen molar-refractivity contribution in [3.63, 3.8) is 0 Å². The lowest BCUT2D eigenvalue weighted by Gasteiger charge is -2.05. The number of unbranched alkanes of at least 4 members (excludes halogenated alkanes) is 6. The summed E-state index contributed by atoms with van der Waals surface area (Å²) >= 11 is 1.62. The van der Waals surface area contributed by atoms with Gasteiger partial charge in [-0.2, -0.15) is 0 Å². The Morgan fingerprint density at radius 1 is 1.10 bits per heavy atom. The monoisotopic (exact) mass is 306 g/mol. The Kier molecular flexibility index (Phi) is 5.97. The predicted molar refractivity (Wildman–Crippen MR) is 91.3 cm³/mol. The van der Waals surface area contributed by atoms with Crippen LogP contribution in [0.15, 0.2) is 11.1 Å². The lowest BCUT2D eigenvalue weighted by Crippen LogP contribution is -2.20. The van der Waals surface area contributed by atoms with Crippen molar-refractivity contribution >= 4 is 21.6 Å². The van der Waals surface area contributed by atoms with E-state index in [9.17, 15) is 4.79 Å². The minimum atomic E-state index is 0.132. The summed E-state index contributed by atoms with van der Waals surface area (Å²) in [5, 5.41) is 0.822. The summed E-state index contributed by atoms with van der Waals surface area (Å²) in [7, 11) is 0. The van der Waals surface area contributed by atoms with Gasteiger partial charge in [-0.1, -0.05) is 45.4 Å². The van der Waals surface area contributed by atoms with Gasteiger partial charge in [0.15, 0.2) is 0 Å². The summed E-state index contributed by atoms with van der Waals surface area (Å²) in [4.78, 5) is 19.0. The first-order chi connectivity index (χ1) is 10.1. The van der Waals surface area contributed by atoms with Gasteiger partial charge in [-0.25, -0.2) is 4.98 Å². The molecule has 0 saturated carbocycles. The molecule has 2 aromatic heterocycles. The second-order valence-electron chi connectivity index (χ2n) is 5.83. The SMILES string of the molecule is CCCCCCCCCn1cnc2sc(C)c(C)c2c1=O. The van der Waals surface area contributed by atoms with Crippen molar-refractivity contribution in [1.29, 1.82) is 0 Å². The molecule has 0 saturated heterocycles. The molecule has 0 aliphatic carbocycles. The second-order valence-corrected chi connectivity index (χ2v) is 7.03. The molecular weight excluding hydrogens is 280 g/mol. The van der Waals surface area contributed by atoms with Crippen LogP contribution in [0.4, 0.5) is 0 Å². The van der Waals surface area contributed by atoms with Gasteiger partial charge in [-0.05, 0) is 25.8 Å². The van der Waals surface area contributed by atoms with Crippen molar-refractivity contribution in [2.45, 2.75) is 72.3 Å².